The lowest BCUT2D eigenvalue weighted by molar-refractivity contribution is 0.0952. The largest absolute Gasteiger partial charge is 0.398 e. The summed E-state index contributed by atoms with van der Waals surface area (Å²) < 4.78 is 24.2. The molecule has 0 aliphatic carbocycles. The van der Waals surface area contributed by atoms with Crippen molar-refractivity contribution in [3.63, 3.8) is 0 Å². The highest BCUT2D eigenvalue weighted by molar-refractivity contribution is 7.88. The van der Waals surface area contributed by atoms with Gasteiger partial charge in [0.2, 0.25) is 10.0 Å². The van der Waals surface area contributed by atoms with Gasteiger partial charge < -0.3 is 11.1 Å². The van der Waals surface area contributed by atoms with Crippen LogP contribution in [0.1, 0.15) is 29.3 Å². The van der Waals surface area contributed by atoms with Gasteiger partial charge in [-0.3, -0.25) is 4.79 Å². The van der Waals surface area contributed by atoms with Crippen molar-refractivity contribution in [2.24, 2.45) is 0 Å². The quantitative estimate of drug-likeness (QED) is 0.580. The Balaban J connectivity index is 2.49. The van der Waals surface area contributed by atoms with Crippen LogP contribution in [0.4, 0.5) is 5.69 Å². The Hall–Kier alpha value is -1.60. The number of hydrogen-bond donors (Lipinski definition) is 2. The van der Waals surface area contributed by atoms with Crippen molar-refractivity contribution in [2.75, 3.05) is 31.6 Å². The lowest BCUT2D eigenvalue weighted by atomic mass is 10.1. The first kappa shape index (κ1) is 17.5. The summed E-state index contributed by atoms with van der Waals surface area (Å²) in [6.45, 7) is 4.83. The number of benzene rings is 1. The number of amides is 1. The van der Waals surface area contributed by atoms with Crippen LogP contribution in [0.2, 0.25) is 0 Å². The second-order valence-corrected chi connectivity index (χ2v) is 6.87. The van der Waals surface area contributed by atoms with Crippen LogP contribution >= 0.6 is 0 Å². The van der Waals surface area contributed by atoms with Gasteiger partial charge in [0.25, 0.3) is 5.91 Å². The fourth-order valence-corrected chi connectivity index (χ4v) is 2.94. The van der Waals surface area contributed by atoms with Crippen LogP contribution in [-0.4, -0.2) is 44.5 Å². The molecule has 0 aromatic heterocycles. The number of nitrogens with one attached hydrogen (secondary N) is 1. The van der Waals surface area contributed by atoms with E-state index >= 15 is 0 Å². The van der Waals surface area contributed by atoms with E-state index in [4.69, 9.17) is 5.73 Å². The highest BCUT2D eigenvalue weighted by atomic mass is 32.2. The standard InChI is InChI=1S/C14H23N3O3S/c1-4-17(21(3,19)20)10-6-9-16-14(18)12-7-5-8-13(15)11(12)2/h5,7-8H,4,6,9-10,15H2,1-3H3,(H,16,18). The summed E-state index contributed by atoms with van der Waals surface area (Å²) in [6.07, 6.45) is 1.75. The molecule has 6 nitrogen and oxygen atoms in total. The Labute approximate surface area is 126 Å². The second-order valence-electron chi connectivity index (χ2n) is 4.88. The van der Waals surface area contributed by atoms with Gasteiger partial charge in [-0.05, 0) is 31.0 Å². The molecule has 118 valence electrons. The molecule has 1 aromatic rings. The van der Waals surface area contributed by atoms with E-state index in [1.807, 2.05) is 0 Å². The highest BCUT2D eigenvalue weighted by Gasteiger charge is 2.14. The number of sulfonamides is 1. The molecule has 1 amide bonds. The third kappa shape index (κ3) is 5.02. The van der Waals surface area contributed by atoms with Gasteiger partial charge in [0.05, 0.1) is 6.26 Å². The first-order chi connectivity index (χ1) is 9.77. The molecule has 1 rings (SSSR count). The van der Waals surface area contributed by atoms with E-state index in [1.165, 1.54) is 10.6 Å². The lowest BCUT2D eigenvalue weighted by Gasteiger charge is -2.17. The molecular weight excluding hydrogens is 290 g/mol. The average molecular weight is 313 g/mol. The van der Waals surface area contributed by atoms with Gasteiger partial charge in [-0.25, -0.2) is 12.7 Å². The number of anilines is 1. The smallest absolute Gasteiger partial charge is 0.251 e. The predicted octanol–water partition coefficient (Wildman–Crippen LogP) is 0.979. The maximum Gasteiger partial charge on any atom is 0.251 e. The summed E-state index contributed by atoms with van der Waals surface area (Å²) in [4.78, 5) is 12.0. The molecule has 1 aromatic carbocycles. The lowest BCUT2D eigenvalue weighted by Crippen LogP contribution is -2.33. The van der Waals surface area contributed by atoms with Gasteiger partial charge in [0.1, 0.15) is 0 Å². The molecule has 0 saturated carbocycles. The maximum atomic E-state index is 12.0. The Morgan fingerprint density at radius 2 is 2.05 bits per heavy atom. The minimum Gasteiger partial charge on any atom is -0.398 e. The van der Waals surface area contributed by atoms with Crippen molar-refractivity contribution in [3.05, 3.63) is 29.3 Å². The Kier molecular flexibility index (Phi) is 6.17. The molecule has 0 unspecified atom stereocenters. The van der Waals surface area contributed by atoms with Crippen molar-refractivity contribution in [1.82, 2.24) is 9.62 Å². The molecule has 0 fully saturated rings. The molecular formula is C14H23N3O3S. The predicted molar refractivity (Wildman–Crippen MR) is 84.6 cm³/mol. The van der Waals surface area contributed by atoms with Gasteiger partial charge in [-0.15, -0.1) is 0 Å². The van der Waals surface area contributed by atoms with Crippen LogP contribution in [0.15, 0.2) is 18.2 Å². The van der Waals surface area contributed by atoms with E-state index in [0.29, 0.717) is 37.3 Å². The van der Waals surface area contributed by atoms with Gasteiger partial charge in [0.15, 0.2) is 0 Å². The molecule has 0 heterocycles. The van der Waals surface area contributed by atoms with Crippen LogP contribution in [0.3, 0.4) is 0 Å². The Morgan fingerprint density at radius 3 is 2.62 bits per heavy atom. The van der Waals surface area contributed by atoms with E-state index in [0.717, 1.165) is 5.56 Å². The first-order valence-electron chi connectivity index (χ1n) is 6.85. The molecule has 7 heteroatoms. The topological polar surface area (TPSA) is 92.5 Å². The SMILES string of the molecule is CCN(CCCNC(=O)c1cccc(N)c1C)S(C)(=O)=O. The molecule has 0 aliphatic rings. The molecule has 0 bridgehead atoms. The fourth-order valence-electron chi connectivity index (χ4n) is 2.01. The van der Waals surface area contributed by atoms with Crippen LogP contribution in [0, 0.1) is 6.92 Å². The van der Waals surface area contributed by atoms with E-state index in [1.54, 1.807) is 32.0 Å². The van der Waals surface area contributed by atoms with Gasteiger partial charge >= 0.3 is 0 Å². The van der Waals surface area contributed by atoms with Crippen LogP contribution in [0.25, 0.3) is 0 Å². The number of carbonyl (C=O) groups is 1. The summed E-state index contributed by atoms with van der Waals surface area (Å²) in [5, 5.41) is 2.78. The number of carbonyl (C=O) groups excluding carboxylic acids is 1. The van der Waals surface area contributed by atoms with Crippen LogP contribution < -0.4 is 11.1 Å². The molecule has 3 N–H and O–H groups in total. The summed E-state index contributed by atoms with van der Waals surface area (Å²) in [6, 6.07) is 5.20. The summed E-state index contributed by atoms with van der Waals surface area (Å²) >= 11 is 0. The zero-order chi connectivity index (χ0) is 16.0. The average Bonchev–Trinajstić information content (AvgIpc) is 2.40. The van der Waals surface area contributed by atoms with E-state index in [9.17, 15) is 13.2 Å². The molecule has 0 spiro atoms. The van der Waals surface area contributed by atoms with Gasteiger partial charge in [-0.1, -0.05) is 13.0 Å². The van der Waals surface area contributed by atoms with Crippen molar-refractivity contribution in [1.29, 1.82) is 0 Å². The number of nitrogens with two attached hydrogens (primary N) is 1. The number of rotatable bonds is 7. The number of nitrogens with zero attached hydrogens (tertiary/aromatic N) is 1. The molecule has 0 radical (unpaired) electrons. The highest BCUT2D eigenvalue weighted by Crippen LogP contribution is 2.15. The Bertz CT molecular complexity index is 599. The van der Waals surface area contributed by atoms with Crippen molar-refractivity contribution >= 4 is 21.6 Å². The van der Waals surface area contributed by atoms with E-state index in [2.05, 4.69) is 5.32 Å². The first-order valence-corrected chi connectivity index (χ1v) is 8.70. The van der Waals surface area contributed by atoms with Gasteiger partial charge in [0, 0.05) is 30.9 Å². The summed E-state index contributed by atoms with van der Waals surface area (Å²) in [7, 11) is -3.18. The normalized spacial score (nSPS) is 11.6. The maximum absolute atomic E-state index is 12.0. The van der Waals surface area contributed by atoms with Gasteiger partial charge in [-0.2, -0.15) is 0 Å². The summed E-state index contributed by atoms with van der Waals surface area (Å²) in [5.74, 6) is -0.192. The van der Waals surface area contributed by atoms with Crippen molar-refractivity contribution < 1.29 is 13.2 Å². The third-order valence-corrected chi connectivity index (χ3v) is 4.69. The van der Waals surface area contributed by atoms with Crippen molar-refractivity contribution in [2.45, 2.75) is 20.3 Å². The number of nitrogen functional groups attached to an aromatic ring is 1. The fraction of sp³-hybridized carbons (Fsp3) is 0.500. The second kappa shape index (κ2) is 7.42. The number of hydrogen-bond acceptors (Lipinski definition) is 4. The zero-order valence-corrected chi connectivity index (χ0v) is 13.5. The van der Waals surface area contributed by atoms with E-state index < -0.39 is 10.0 Å². The van der Waals surface area contributed by atoms with Crippen LogP contribution in [-0.2, 0) is 10.0 Å². The monoisotopic (exact) mass is 313 g/mol. The van der Waals surface area contributed by atoms with E-state index in [-0.39, 0.29) is 5.91 Å². The summed E-state index contributed by atoms with van der Waals surface area (Å²) in [5.41, 5.74) is 7.64. The minimum absolute atomic E-state index is 0.192. The molecule has 0 saturated heterocycles. The van der Waals surface area contributed by atoms with Crippen LogP contribution in [0.5, 0.6) is 0 Å². The third-order valence-electron chi connectivity index (χ3n) is 3.31. The molecule has 0 aliphatic heterocycles. The minimum atomic E-state index is -3.18. The molecule has 21 heavy (non-hydrogen) atoms. The van der Waals surface area contributed by atoms with Crippen molar-refractivity contribution in [3.8, 4) is 0 Å². The zero-order valence-electron chi connectivity index (χ0n) is 12.7. The Morgan fingerprint density at radius 1 is 1.38 bits per heavy atom. The molecule has 0 atom stereocenters.